The number of aliphatic hydroxyl groups excluding tert-OH is 1. The molecule has 2 aliphatic rings. The summed E-state index contributed by atoms with van der Waals surface area (Å²) in [5.41, 5.74) is 0.0964. The van der Waals surface area contributed by atoms with E-state index in [2.05, 4.69) is 20.8 Å². The van der Waals surface area contributed by atoms with Crippen LogP contribution >= 0.6 is 11.8 Å². The number of hydrogen-bond acceptors (Lipinski definition) is 3. The first-order chi connectivity index (χ1) is 6.41. The minimum Gasteiger partial charge on any atom is -0.390 e. The second-order valence-electron chi connectivity index (χ2n) is 5.19. The van der Waals surface area contributed by atoms with E-state index in [-0.39, 0.29) is 22.7 Å². The predicted octanol–water partition coefficient (Wildman–Crippen LogP) is 1.07. The van der Waals surface area contributed by atoms with Gasteiger partial charge in [0.1, 0.15) is 0 Å². The molecule has 1 N–H and O–H groups in total. The van der Waals surface area contributed by atoms with Crippen molar-refractivity contribution < 1.29 is 9.90 Å². The quantitative estimate of drug-likeness (QED) is 0.657. The van der Waals surface area contributed by atoms with Gasteiger partial charge in [0.15, 0.2) is 0 Å². The first-order valence-electron chi connectivity index (χ1n) is 5.02. The van der Waals surface area contributed by atoms with Gasteiger partial charge in [0.2, 0.25) is 5.91 Å². The number of thioether (sulfide) groups is 1. The fraction of sp³-hybridized carbons (Fsp3) is 0.900. The first kappa shape index (κ1) is 10.3. The highest BCUT2D eigenvalue weighted by molar-refractivity contribution is 8.00. The van der Waals surface area contributed by atoms with Crippen LogP contribution in [0.5, 0.6) is 0 Å². The molecule has 0 aromatic rings. The van der Waals surface area contributed by atoms with E-state index in [1.807, 2.05) is 4.90 Å². The van der Waals surface area contributed by atoms with Gasteiger partial charge in [-0.1, -0.05) is 20.8 Å². The number of fused-ring (bicyclic) bond motifs is 1. The molecule has 0 radical (unpaired) electrons. The Labute approximate surface area is 88.9 Å². The number of aliphatic hydroxyl groups is 1. The normalized spacial score (nSPS) is 37.9. The monoisotopic (exact) mass is 215 g/mol. The molecule has 0 unspecified atom stereocenters. The standard InChI is InChI=1S/C10H17NO2S/c1-10(2,3)9-11-6(5-14-9)7(12)4-8(11)13/h6-7,9,12H,4-5H2,1-3H3/t6-,7+,9-/m1/s1. The minimum atomic E-state index is -0.442. The van der Waals surface area contributed by atoms with Crippen molar-refractivity contribution in [3.63, 3.8) is 0 Å². The molecule has 3 atom stereocenters. The van der Waals surface area contributed by atoms with Crippen molar-refractivity contribution in [1.82, 2.24) is 4.90 Å². The molecule has 2 heterocycles. The maximum Gasteiger partial charge on any atom is 0.226 e. The fourth-order valence-corrected chi connectivity index (χ4v) is 3.92. The largest absolute Gasteiger partial charge is 0.390 e. The van der Waals surface area contributed by atoms with Crippen LogP contribution in [0, 0.1) is 5.41 Å². The Morgan fingerprint density at radius 1 is 1.50 bits per heavy atom. The van der Waals surface area contributed by atoms with E-state index in [0.29, 0.717) is 6.42 Å². The van der Waals surface area contributed by atoms with Crippen molar-refractivity contribution in [1.29, 1.82) is 0 Å². The third-order valence-corrected chi connectivity index (χ3v) is 4.68. The third-order valence-electron chi connectivity index (χ3n) is 2.89. The number of hydrogen-bond donors (Lipinski definition) is 1. The summed E-state index contributed by atoms with van der Waals surface area (Å²) in [5.74, 6) is 1.00. The van der Waals surface area contributed by atoms with Crippen LogP contribution in [0.3, 0.4) is 0 Å². The maximum atomic E-state index is 11.7. The number of rotatable bonds is 0. The second kappa shape index (κ2) is 3.14. The lowest BCUT2D eigenvalue weighted by atomic mass is 9.95. The zero-order valence-electron chi connectivity index (χ0n) is 8.86. The summed E-state index contributed by atoms with van der Waals surface area (Å²) in [5, 5.41) is 9.91. The summed E-state index contributed by atoms with van der Waals surface area (Å²) >= 11 is 1.79. The third kappa shape index (κ3) is 1.44. The Kier molecular flexibility index (Phi) is 2.31. The lowest BCUT2D eigenvalue weighted by Crippen LogP contribution is -2.43. The van der Waals surface area contributed by atoms with E-state index >= 15 is 0 Å². The Hall–Kier alpha value is -0.220. The van der Waals surface area contributed by atoms with E-state index in [0.717, 1.165) is 5.75 Å². The lowest BCUT2D eigenvalue weighted by molar-refractivity contribution is -0.130. The molecule has 0 spiro atoms. The van der Waals surface area contributed by atoms with E-state index in [9.17, 15) is 9.90 Å². The molecule has 0 saturated carbocycles. The highest BCUT2D eigenvalue weighted by Gasteiger charge is 2.50. The SMILES string of the molecule is CC(C)(C)[C@H]1SC[C@@H]2[C@@H](O)CC(=O)N21. The summed E-state index contributed by atoms with van der Waals surface area (Å²) in [6.45, 7) is 6.43. The van der Waals surface area contributed by atoms with Gasteiger partial charge in [-0.15, -0.1) is 11.8 Å². The van der Waals surface area contributed by atoms with Gasteiger partial charge in [-0.2, -0.15) is 0 Å². The van der Waals surface area contributed by atoms with Crippen LogP contribution in [0.2, 0.25) is 0 Å². The molecule has 0 bridgehead atoms. The van der Waals surface area contributed by atoms with Crippen LogP contribution in [0.1, 0.15) is 27.2 Å². The van der Waals surface area contributed by atoms with Crippen LogP contribution in [-0.4, -0.2) is 39.2 Å². The molecule has 14 heavy (non-hydrogen) atoms. The Morgan fingerprint density at radius 2 is 2.14 bits per heavy atom. The molecule has 1 amide bonds. The molecule has 4 heteroatoms. The molecule has 2 saturated heterocycles. The highest BCUT2D eigenvalue weighted by atomic mass is 32.2. The van der Waals surface area contributed by atoms with Crippen LogP contribution in [0.15, 0.2) is 0 Å². The average molecular weight is 215 g/mol. The van der Waals surface area contributed by atoms with E-state index in [1.165, 1.54) is 0 Å². The van der Waals surface area contributed by atoms with Crippen molar-refractivity contribution in [2.75, 3.05) is 5.75 Å². The average Bonchev–Trinajstić information content (AvgIpc) is 2.53. The Bertz CT molecular complexity index is 261. The van der Waals surface area contributed by atoms with Gasteiger partial charge < -0.3 is 10.0 Å². The molecular weight excluding hydrogens is 198 g/mol. The summed E-state index contributed by atoms with van der Waals surface area (Å²) < 4.78 is 0. The summed E-state index contributed by atoms with van der Waals surface area (Å²) in [4.78, 5) is 13.6. The fourth-order valence-electron chi connectivity index (χ4n) is 2.22. The second-order valence-corrected chi connectivity index (χ2v) is 6.30. The van der Waals surface area contributed by atoms with Gasteiger partial charge in [0.25, 0.3) is 0 Å². The van der Waals surface area contributed by atoms with Gasteiger partial charge in [-0.3, -0.25) is 4.79 Å². The number of carbonyl (C=O) groups is 1. The molecule has 2 aliphatic heterocycles. The molecule has 80 valence electrons. The lowest BCUT2D eigenvalue weighted by Gasteiger charge is -2.33. The van der Waals surface area contributed by atoms with E-state index in [4.69, 9.17) is 0 Å². The first-order valence-corrected chi connectivity index (χ1v) is 6.07. The van der Waals surface area contributed by atoms with Gasteiger partial charge in [0, 0.05) is 5.75 Å². The molecule has 3 nitrogen and oxygen atoms in total. The Morgan fingerprint density at radius 3 is 2.71 bits per heavy atom. The number of amides is 1. The van der Waals surface area contributed by atoms with Crippen molar-refractivity contribution >= 4 is 17.7 Å². The molecular formula is C10H17NO2S. The van der Waals surface area contributed by atoms with Crippen molar-refractivity contribution in [3.8, 4) is 0 Å². The van der Waals surface area contributed by atoms with Crippen molar-refractivity contribution in [2.45, 2.75) is 44.7 Å². The van der Waals surface area contributed by atoms with Crippen LogP contribution in [0.25, 0.3) is 0 Å². The van der Waals surface area contributed by atoms with E-state index in [1.54, 1.807) is 11.8 Å². The van der Waals surface area contributed by atoms with Crippen molar-refractivity contribution in [2.24, 2.45) is 5.41 Å². The highest BCUT2D eigenvalue weighted by Crippen LogP contribution is 2.44. The van der Waals surface area contributed by atoms with Gasteiger partial charge in [-0.05, 0) is 5.41 Å². The van der Waals surface area contributed by atoms with E-state index < -0.39 is 6.10 Å². The minimum absolute atomic E-state index is 0.0664. The topological polar surface area (TPSA) is 40.5 Å². The zero-order chi connectivity index (χ0) is 10.5. The molecule has 0 aliphatic carbocycles. The summed E-state index contributed by atoms with van der Waals surface area (Å²) in [6.07, 6.45) is -0.125. The van der Waals surface area contributed by atoms with Gasteiger partial charge in [0.05, 0.1) is 23.9 Å². The predicted molar refractivity (Wildman–Crippen MR) is 57.0 cm³/mol. The smallest absolute Gasteiger partial charge is 0.226 e. The summed E-state index contributed by atoms with van der Waals surface area (Å²) in [7, 11) is 0. The maximum absolute atomic E-state index is 11.7. The molecule has 2 fully saturated rings. The number of carbonyl (C=O) groups excluding carboxylic acids is 1. The molecule has 2 rings (SSSR count). The van der Waals surface area contributed by atoms with Crippen LogP contribution in [-0.2, 0) is 4.79 Å². The van der Waals surface area contributed by atoms with Gasteiger partial charge >= 0.3 is 0 Å². The number of nitrogens with zero attached hydrogens (tertiary/aromatic N) is 1. The molecule has 0 aromatic heterocycles. The molecule has 0 aromatic carbocycles. The van der Waals surface area contributed by atoms with Crippen molar-refractivity contribution in [3.05, 3.63) is 0 Å². The summed E-state index contributed by atoms with van der Waals surface area (Å²) in [6, 6.07) is 0.0664. The van der Waals surface area contributed by atoms with Crippen LogP contribution in [0.4, 0.5) is 0 Å². The zero-order valence-corrected chi connectivity index (χ0v) is 9.67. The van der Waals surface area contributed by atoms with Gasteiger partial charge in [-0.25, -0.2) is 0 Å². The van der Waals surface area contributed by atoms with Crippen LogP contribution < -0.4 is 0 Å². The Balaban J connectivity index is 2.22.